The van der Waals surface area contributed by atoms with Gasteiger partial charge in [-0.2, -0.15) is 15.4 Å². The molecule has 0 spiro atoms. The first kappa shape index (κ1) is 9.44. The third kappa shape index (κ3) is 1.57. The van der Waals surface area contributed by atoms with Gasteiger partial charge >= 0.3 is 0 Å². The summed E-state index contributed by atoms with van der Waals surface area (Å²) >= 11 is 0. The van der Waals surface area contributed by atoms with E-state index >= 15 is 0 Å². The van der Waals surface area contributed by atoms with Crippen LogP contribution < -0.4 is 0 Å². The zero-order valence-electron chi connectivity index (χ0n) is 6.74. The molecule has 0 saturated heterocycles. The molecule has 0 aliphatic carbocycles. The molecule has 0 unspecified atom stereocenters. The van der Waals surface area contributed by atoms with Crippen LogP contribution in [-0.2, 0) is 6.42 Å². The van der Waals surface area contributed by atoms with Gasteiger partial charge in [0.15, 0.2) is 0 Å². The molecule has 1 aromatic carbocycles. The van der Waals surface area contributed by atoms with E-state index in [9.17, 15) is 0 Å². The Balaban J connectivity index is 0.000000720. The lowest BCUT2D eigenvalue weighted by Crippen LogP contribution is -1.78. The highest BCUT2D eigenvalue weighted by Crippen LogP contribution is 2.10. The number of benzene rings is 1. The Labute approximate surface area is 89.1 Å². The number of hydrogen-bond donors (Lipinski definition) is 1. The van der Waals surface area contributed by atoms with Crippen molar-refractivity contribution in [2.75, 3.05) is 0 Å². The molecule has 3 nitrogen and oxygen atoms in total. The Kier molecular flexibility index (Phi) is 3.02. The summed E-state index contributed by atoms with van der Waals surface area (Å²) in [5.41, 5.74) is 3.18. The maximum Gasteiger partial charge on any atom is 0.113 e. The van der Waals surface area contributed by atoms with E-state index < -0.39 is 0 Å². The summed E-state index contributed by atoms with van der Waals surface area (Å²) in [5, 5.41) is 10.5. The second kappa shape index (κ2) is 3.84. The van der Waals surface area contributed by atoms with Crippen LogP contribution >= 0.6 is 24.0 Å². The van der Waals surface area contributed by atoms with Crippen LogP contribution in [0.4, 0.5) is 0 Å². The van der Waals surface area contributed by atoms with Crippen LogP contribution in [0.5, 0.6) is 0 Å². The van der Waals surface area contributed by atoms with E-state index in [0.717, 1.165) is 17.5 Å². The lowest BCUT2D eigenvalue weighted by molar-refractivity contribution is 0.959. The number of aromatic nitrogens is 3. The molecule has 0 atom stereocenters. The average Bonchev–Trinajstić information content (AvgIpc) is 2.50. The van der Waals surface area contributed by atoms with Gasteiger partial charge in [0.2, 0.25) is 0 Å². The monoisotopic (exact) mass is 277 g/mol. The number of nitrogens with zero attached hydrogens (tertiary/aromatic N) is 2. The maximum atomic E-state index is 3.99. The van der Waals surface area contributed by atoms with Crippen molar-refractivity contribution in [1.29, 1.82) is 0 Å². The zero-order valence-corrected chi connectivity index (χ0v) is 9.07. The van der Waals surface area contributed by atoms with E-state index in [1.165, 1.54) is 5.56 Å². The largest absolute Gasteiger partial charge is 0.197 e. The minimum absolute atomic E-state index is 0. The van der Waals surface area contributed by atoms with Crippen LogP contribution in [0.25, 0.3) is 11.0 Å². The van der Waals surface area contributed by atoms with Crippen LogP contribution in [0.2, 0.25) is 0 Å². The van der Waals surface area contributed by atoms with E-state index in [4.69, 9.17) is 0 Å². The molecule has 4 heteroatoms. The molecule has 0 aliphatic heterocycles. The molecule has 0 bridgehead atoms. The smallest absolute Gasteiger partial charge is 0.113 e. The quantitative estimate of drug-likeness (QED) is 0.813. The lowest BCUT2D eigenvalue weighted by Gasteiger charge is -1.92. The molecule has 0 amide bonds. The first-order chi connectivity index (χ1) is 5.40. The number of fused-ring (bicyclic) bond motifs is 1. The van der Waals surface area contributed by atoms with Gasteiger partial charge in [0, 0.05) is 1.43 Å². The van der Waals surface area contributed by atoms with Crippen LogP contribution in [0.3, 0.4) is 0 Å². The highest BCUT2D eigenvalue weighted by Gasteiger charge is 1.96. The molecule has 0 fully saturated rings. The highest BCUT2D eigenvalue weighted by molar-refractivity contribution is 14.0. The molecular formula is C8H12IN3. The van der Waals surface area contributed by atoms with Crippen molar-refractivity contribution in [2.24, 2.45) is 0 Å². The van der Waals surface area contributed by atoms with Crippen molar-refractivity contribution in [3.8, 4) is 0 Å². The maximum absolute atomic E-state index is 3.99. The van der Waals surface area contributed by atoms with Crippen LogP contribution in [0, 0.1) is 0 Å². The molecule has 0 saturated carbocycles. The standard InChI is InChI=1S/C8H9N3.HI.H2/c1-2-6-3-4-7-8(5-6)10-11-9-7;;/h3-5H,2H2,1H3,(H,9,10,11);2*1H. The molecular weight excluding hydrogens is 265 g/mol. The lowest BCUT2D eigenvalue weighted by atomic mass is 10.1. The van der Waals surface area contributed by atoms with E-state index in [0.29, 0.717) is 0 Å². The van der Waals surface area contributed by atoms with E-state index in [-0.39, 0.29) is 25.4 Å². The Morgan fingerprint density at radius 2 is 2.08 bits per heavy atom. The van der Waals surface area contributed by atoms with Crippen molar-refractivity contribution < 1.29 is 1.43 Å². The summed E-state index contributed by atoms with van der Waals surface area (Å²) in [6, 6.07) is 6.11. The second-order valence-corrected chi connectivity index (χ2v) is 2.50. The predicted octanol–water partition coefficient (Wildman–Crippen LogP) is 2.38. The molecule has 2 aromatic rings. The molecule has 2 rings (SSSR count). The summed E-state index contributed by atoms with van der Waals surface area (Å²) < 4.78 is 0. The molecule has 1 aromatic heterocycles. The Morgan fingerprint density at radius 1 is 1.33 bits per heavy atom. The normalized spacial score (nSPS) is 9.75. The third-order valence-electron chi connectivity index (χ3n) is 1.79. The van der Waals surface area contributed by atoms with Gasteiger partial charge in [-0.05, 0) is 24.1 Å². The van der Waals surface area contributed by atoms with Crippen LogP contribution in [0.1, 0.15) is 13.9 Å². The number of aryl methyl sites for hydroxylation is 1. The summed E-state index contributed by atoms with van der Waals surface area (Å²) in [5.74, 6) is 0. The number of aromatic amines is 1. The fourth-order valence-electron chi connectivity index (χ4n) is 1.11. The third-order valence-corrected chi connectivity index (χ3v) is 1.79. The number of rotatable bonds is 1. The van der Waals surface area contributed by atoms with Crippen molar-refractivity contribution in [3.05, 3.63) is 23.8 Å². The Bertz CT molecular complexity index is 374. The molecule has 0 radical (unpaired) electrons. The molecule has 12 heavy (non-hydrogen) atoms. The van der Waals surface area contributed by atoms with Gasteiger partial charge in [-0.15, -0.1) is 24.0 Å². The number of hydrogen-bond acceptors (Lipinski definition) is 2. The second-order valence-electron chi connectivity index (χ2n) is 2.50. The first-order valence-corrected chi connectivity index (χ1v) is 3.69. The minimum Gasteiger partial charge on any atom is -0.197 e. The number of nitrogens with one attached hydrogen (secondary N) is 1. The summed E-state index contributed by atoms with van der Waals surface area (Å²) in [6.07, 6.45) is 1.04. The summed E-state index contributed by atoms with van der Waals surface area (Å²) in [4.78, 5) is 0. The molecule has 66 valence electrons. The van der Waals surface area contributed by atoms with Crippen LogP contribution in [-0.4, -0.2) is 15.4 Å². The van der Waals surface area contributed by atoms with Crippen molar-refractivity contribution in [3.63, 3.8) is 0 Å². The van der Waals surface area contributed by atoms with Gasteiger partial charge < -0.3 is 0 Å². The SMILES string of the molecule is CCc1ccc2n[nH]nc2c1.I.[HH]. The van der Waals surface area contributed by atoms with E-state index in [2.05, 4.69) is 34.5 Å². The zero-order chi connectivity index (χ0) is 7.68. The number of halogens is 1. The fourth-order valence-corrected chi connectivity index (χ4v) is 1.11. The molecule has 0 aliphatic rings. The molecule has 1 N–H and O–H groups in total. The predicted molar refractivity (Wildman–Crippen MR) is 60.8 cm³/mol. The highest BCUT2D eigenvalue weighted by atomic mass is 127. The van der Waals surface area contributed by atoms with Crippen molar-refractivity contribution in [1.82, 2.24) is 15.4 Å². The minimum atomic E-state index is 0. The van der Waals surface area contributed by atoms with Gasteiger partial charge in [0.25, 0.3) is 0 Å². The number of H-pyrrole nitrogens is 1. The fraction of sp³-hybridized carbons (Fsp3) is 0.250. The van der Waals surface area contributed by atoms with Gasteiger partial charge in [-0.25, -0.2) is 0 Å². The Hall–Kier alpha value is -0.650. The van der Waals surface area contributed by atoms with Gasteiger partial charge in [-0.1, -0.05) is 13.0 Å². The van der Waals surface area contributed by atoms with E-state index in [1.807, 2.05) is 6.07 Å². The summed E-state index contributed by atoms with van der Waals surface area (Å²) in [6.45, 7) is 2.13. The van der Waals surface area contributed by atoms with Crippen molar-refractivity contribution in [2.45, 2.75) is 13.3 Å². The van der Waals surface area contributed by atoms with Gasteiger partial charge in [0.1, 0.15) is 11.0 Å². The topological polar surface area (TPSA) is 41.6 Å². The summed E-state index contributed by atoms with van der Waals surface area (Å²) in [7, 11) is 0. The van der Waals surface area contributed by atoms with Gasteiger partial charge in [-0.3, -0.25) is 0 Å². The molecule has 1 heterocycles. The van der Waals surface area contributed by atoms with Crippen molar-refractivity contribution >= 4 is 35.0 Å². The Morgan fingerprint density at radius 3 is 2.83 bits per heavy atom. The average molecular weight is 277 g/mol. The first-order valence-electron chi connectivity index (χ1n) is 3.69. The van der Waals surface area contributed by atoms with Gasteiger partial charge in [0.05, 0.1) is 0 Å². The van der Waals surface area contributed by atoms with E-state index in [1.54, 1.807) is 0 Å². The van der Waals surface area contributed by atoms with Crippen LogP contribution in [0.15, 0.2) is 18.2 Å².